The van der Waals surface area contributed by atoms with E-state index in [-0.39, 0.29) is 18.5 Å². The highest BCUT2D eigenvalue weighted by Crippen LogP contribution is 2.33. The molecule has 0 bridgehead atoms. The zero-order chi connectivity index (χ0) is 37.9. The molecule has 274 valence electrons. The lowest BCUT2D eigenvalue weighted by Gasteiger charge is -2.29. The highest BCUT2D eigenvalue weighted by atomic mass is 35.5. The van der Waals surface area contributed by atoms with Crippen LogP contribution in [0.2, 0.25) is 5.02 Å². The van der Waals surface area contributed by atoms with Gasteiger partial charge in [0.1, 0.15) is 29.5 Å². The summed E-state index contributed by atoms with van der Waals surface area (Å²) in [5, 5.41) is 12.3. The number of nitriles is 1. The van der Waals surface area contributed by atoms with Crippen LogP contribution in [0.25, 0.3) is 33.5 Å². The zero-order valence-corrected chi connectivity index (χ0v) is 32.0. The van der Waals surface area contributed by atoms with Gasteiger partial charge in [0.2, 0.25) is 5.89 Å². The minimum Gasteiger partial charge on any atom is -0.444 e. The number of aromatic nitrogens is 1. The maximum absolute atomic E-state index is 13.9. The molecule has 0 saturated heterocycles. The number of nitrogens with one attached hydrogen (secondary N) is 1. The Bertz CT molecular complexity index is 2500. The Labute approximate surface area is 322 Å². The van der Waals surface area contributed by atoms with E-state index in [0.717, 1.165) is 64.3 Å². The Morgan fingerprint density at radius 3 is 2.52 bits per heavy atom. The summed E-state index contributed by atoms with van der Waals surface area (Å²) in [4.78, 5) is 20.2. The Morgan fingerprint density at radius 1 is 0.981 bits per heavy atom. The maximum atomic E-state index is 13.9. The number of amides is 1. The fourth-order valence-corrected chi connectivity index (χ4v) is 7.88. The van der Waals surface area contributed by atoms with Gasteiger partial charge in [0.25, 0.3) is 0 Å². The molecule has 1 N–H and O–H groups in total. The van der Waals surface area contributed by atoms with Crippen molar-refractivity contribution in [2.45, 2.75) is 66.0 Å². The first-order valence-electron chi connectivity index (χ1n) is 17.8. The van der Waals surface area contributed by atoms with E-state index in [2.05, 4.69) is 15.8 Å². The van der Waals surface area contributed by atoms with E-state index in [1.807, 2.05) is 88.4 Å². The molecule has 1 aromatic heterocycles. The predicted octanol–water partition coefficient (Wildman–Crippen LogP) is 11.1. The minimum absolute atomic E-state index is 0.0275. The molecule has 1 aliphatic carbocycles. The number of hydrogen-bond donors (Lipinski definition) is 1. The third kappa shape index (κ3) is 7.84. The van der Waals surface area contributed by atoms with Crippen molar-refractivity contribution in [2.24, 2.45) is 0 Å². The van der Waals surface area contributed by atoms with Gasteiger partial charge in [0.15, 0.2) is 5.58 Å². The van der Waals surface area contributed by atoms with Gasteiger partial charge < -0.3 is 13.3 Å². The van der Waals surface area contributed by atoms with Gasteiger partial charge in [0, 0.05) is 33.4 Å². The normalized spacial score (nSPS) is 13.9. The van der Waals surface area contributed by atoms with Crippen LogP contribution in [0, 0.1) is 39.0 Å². The summed E-state index contributed by atoms with van der Waals surface area (Å²) in [5.41, 5.74) is 8.21. The number of benzene rings is 5. The van der Waals surface area contributed by atoms with Gasteiger partial charge >= 0.3 is 17.4 Å². The number of fused-ring (bicyclic) bond motifs is 2. The molecule has 1 heterocycles. The van der Waals surface area contributed by atoms with E-state index in [4.69, 9.17) is 24.9 Å². The van der Waals surface area contributed by atoms with Crippen LogP contribution in [0.1, 0.15) is 65.0 Å². The molecule has 5 aromatic carbocycles. The summed E-state index contributed by atoms with van der Waals surface area (Å²) < 4.78 is 33.6. The van der Waals surface area contributed by atoms with Gasteiger partial charge in [-0.05, 0) is 122 Å². The molecule has 1 unspecified atom stereocenters. The fourth-order valence-electron chi connectivity index (χ4n) is 7.04. The first-order valence-corrected chi connectivity index (χ1v) is 19.2. The van der Waals surface area contributed by atoms with Crippen molar-refractivity contribution in [3.05, 3.63) is 129 Å². The van der Waals surface area contributed by atoms with Gasteiger partial charge in [-0.3, -0.25) is 9.62 Å². The fraction of sp³-hybridized carbons (Fsp3) is 0.233. The molecule has 9 nitrogen and oxygen atoms in total. The Balaban J connectivity index is 1.06. The Kier molecular flexibility index (Phi) is 10.7. The number of aryl methyl sites for hydroxylation is 4. The molecule has 54 heavy (non-hydrogen) atoms. The lowest BCUT2D eigenvalue weighted by atomic mass is 10.0. The Morgan fingerprint density at radius 2 is 1.76 bits per heavy atom. The maximum Gasteiger partial charge on any atom is 0.414 e. The van der Waals surface area contributed by atoms with Crippen molar-refractivity contribution in [1.29, 1.82) is 5.26 Å². The summed E-state index contributed by atoms with van der Waals surface area (Å²) in [5.74, 6) is 0.757. The van der Waals surface area contributed by atoms with Crippen LogP contribution in [0.4, 0.5) is 16.2 Å². The van der Waals surface area contributed by atoms with Crippen molar-refractivity contribution in [3.63, 3.8) is 0 Å². The zero-order valence-electron chi connectivity index (χ0n) is 30.4. The van der Waals surface area contributed by atoms with E-state index in [1.54, 1.807) is 35.2 Å². The van der Waals surface area contributed by atoms with Crippen molar-refractivity contribution >= 4 is 73.9 Å². The van der Waals surface area contributed by atoms with E-state index < -0.39 is 17.4 Å². The van der Waals surface area contributed by atoms with Crippen LogP contribution >= 0.6 is 11.6 Å². The molecule has 11 heteroatoms. The van der Waals surface area contributed by atoms with Crippen LogP contribution in [0.3, 0.4) is 0 Å². The monoisotopic (exact) mass is 758 g/mol. The topological polar surface area (TPSA) is 118 Å². The summed E-state index contributed by atoms with van der Waals surface area (Å²) in [6.07, 6.45) is 5.00. The van der Waals surface area contributed by atoms with Crippen molar-refractivity contribution in [1.82, 2.24) is 4.98 Å². The SMILES string of the molecule is Cc1cc(C)c2oc(/C(C#N)=C/c3ccc(N(C(=O)OCc4cc(NS(=O)Oc5ccc(C)c6ccccc56)ccc4Cl)C4CCCC4)cc3C)nc2c1. The molecule has 1 fully saturated rings. The van der Waals surface area contributed by atoms with Crippen LogP contribution in [0.5, 0.6) is 5.75 Å². The highest BCUT2D eigenvalue weighted by Gasteiger charge is 2.30. The second kappa shape index (κ2) is 15.8. The second-order valence-corrected chi connectivity index (χ2v) is 14.9. The van der Waals surface area contributed by atoms with Crippen molar-refractivity contribution in [3.8, 4) is 11.8 Å². The molecule has 6 aromatic rings. The first-order chi connectivity index (χ1) is 26.1. The van der Waals surface area contributed by atoms with Crippen LogP contribution in [0.15, 0.2) is 89.3 Å². The molecule has 0 spiro atoms. The van der Waals surface area contributed by atoms with Gasteiger partial charge in [-0.2, -0.15) is 9.47 Å². The number of halogens is 1. The number of ether oxygens (including phenoxy) is 1. The average molecular weight is 759 g/mol. The number of oxazole rings is 1. The first kappa shape index (κ1) is 36.7. The molecule has 1 saturated carbocycles. The molecule has 0 radical (unpaired) electrons. The lowest BCUT2D eigenvalue weighted by Crippen LogP contribution is -2.39. The van der Waals surface area contributed by atoms with Crippen molar-refractivity contribution < 1.29 is 22.3 Å². The highest BCUT2D eigenvalue weighted by molar-refractivity contribution is 7.82. The van der Waals surface area contributed by atoms with Crippen molar-refractivity contribution in [2.75, 3.05) is 9.62 Å². The quantitative estimate of drug-likeness (QED) is 0.138. The largest absolute Gasteiger partial charge is 0.444 e. The molecular weight excluding hydrogens is 720 g/mol. The molecule has 7 rings (SSSR count). The van der Waals surface area contributed by atoms with E-state index in [0.29, 0.717) is 44.4 Å². The summed E-state index contributed by atoms with van der Waals surface area (Å²) in [6.45, 7) is 7.82. The molecule has 1 aliphatic rings. The number of carbonyl (C=O) groups excluding carboxylic acids is 1. The van der Waals surface area contributed by atoms with Crippen LogP contribution in [-0.2, 0) is 22.6 Å². The number of carbonyl (C=O) groups is 1. The van der Waals surface area contributed by atoms with Gasteiger partial charge in [-0.25, -0.2) is 9.78 Å². The van der Waals surface area contributed by atoms with E-state index in [9.17, 15) is 14.3 Å². The number of hydrogen-bond acceptors (Lipinski definition) is 7. The Hall–Kier alpha value is -5.63. The molecule has 1 amide bonds. The molecular formula is C43H39ClN4O5S. The second-order valence-electron chi connectivity index (χ2n) is 13.7. The number of allylic oxidation sites excluding steroid dienone is 1. The van der Waals surface area contributed by atoms with E-state index >= 15 is 0 Å². The standard InChI is InChI=1S/C43H39ClN4O5S/c1-26-19-29(4)41-39(20-26)46-42(52-41)31(24-45)22-30-14-16-35(21-28(30)3)48(34-9-5-6-10-34)43(49)51-25-32-23-33(15-17-38(32)44)47-54(50)53-40-18-13-27(2)36-11-7-8-12-37(36)40/h7-8,11-23,34,47H,5-6,9-10,25H2,1-4H3/b31-22+. The van der Waals surface area contributed by atoms with Crippen LogP contribution < -0.4 is 13.8 Å². The number of anilines is 2. The summed E-state index contributed by atoms with van der Waals surface area (Å²) >= 11 is 4.63. The van der Waals surface area contributed by atoms with E-state index in [1.165, 1.54) is 0 Å². The average Bonchev–Trinajstić information content (AvgIpc) is 3.84. The lowest BCUT2D eigenvalue weighted by molar-refractivity contribution is 0.144. The molecule has 1 atom stereocenters. The summed E-state index contributed by atoms with van der Waals surface area (Å²) in [7, 11) is 0. The number of rotatable bonds is 10. The third-order valence-corrected chi connectivity index (χ3v) is 10.9. The smallest absolute Gasteiger partial charge is 0.414 e. The third-order valence-electron chi connectivity index (χ3n) is 9.75. The minimum atomic E-state index is -1.91. The predicted molar refractivity (Wildman–Crippen MR) is 216 cm³/mol. The van der Waals surface area contributed by atoms with Crippen LogP contribution in [-0.4, -0.2) is 21.3 Å². The van der Waals surface area contributed by atoms with Gasteiger partial charge in [-0.15, -0.1) is 0 Å². The number of nitrogens with zero attached hydrogens (tertiary/aromatic N) is 3. The molecule has 0 aliphatic heterocycles. The summed E-state index contributed by atoms with van der Waals surface area (Å²) in [6, 6.07) is 28.4. The van der Waals surface area contributed by atoms with Gasteiger partial charge in [0.05, 0.1) is 0 Å². The van der Waals surface area contributed by atoms with Gasteiger partial charge in [-0.1, -0.05) is 66.9 Å².